The fourth-order valence-electron chi connectivity index (χ4n) is 3.06. The van der Waals surface area contributed by atoms with Gasteiger partial charge in [0.05, 0.1) is 18.7 Å². The van der Waals surface area contributed by atoms with Gasteiger partial charge in [-0.1, -0.05) is 36.4 Å². The average molecular weight is 462 g/mol. The Bertz CT molecular complexity index is 1160. The van der Waals surface area contributed by atoms with Gasteiger partial charge in [0.1, 0.15) is 0 Å². The van der Waals surface area contributed by atoms with Gasteiger partial charge < -0.3 is 15.4 Å². The predicted octanol–water partition coefficient (Wildman–Crippen LogP) is 4.09. The second-order valence-electron chi connectivity index (χ2n) is 7.16. The number of hydrogen-bond donors (Lipinski definition) is 3. The van der Waals surface area contributed by atoms with Crippen molar-refractivity contribution in [2.24, 2.45) is 0 Å². The number of nitrogens with one attached hydrogen (secondary N) is 3. The van der Waals surface area contributed by atoms with E-state index in [2.05, 4.69) is 20.7 Å². The minimum absolute atomic E-state index is 0.0762. The molecule has 0 bridgehead atoms. The molecule has 1 atom stereocenters. The van der Waals surface area contributed by atoms with E-state index in [-0.39, 0.29) is 17.1 Å². The molecule has 0 saturated carbocycles. The summed E-state index contributed by atoms with van der Waals surface area (Å²) in [5, 5.41) is 8.52. The summed E-state index contributed by atoms with van der Waals surface area (Å²) >= 11 is 5.22. The zero-order valence-corrected chi connectivity index (χ0v) is 18.9. The molecule has 0 aliphatic rings. The molecular weight excluding hydrogens is 438 g/mol. The third-order valence-electron chi connectivity index (χ3n) is 4.83. The Morgan fingerprint density at radius 3 is 2.15 bits per heavy atom. The normalized spacial score (nSPS) is 11.1. The van der Waals surface area contributed by atoms with Gasteiger partial charge in [-0.2, -0.15) is 0 Å². The second-order valence-corrected chi connectivity index (χ2v) is 7.57. The molecule has 3 aromatic carbocycles. The monoisotopic (exact) mass is 461 g/mol. The Balaban J connectivity index is 1.59. The standard InChI is InChI=1S/C25H23N3O4S/c1-16(17-7-4-3-5-8-17)26-23(30)20-9-6-10-21(15-20)27-25(33)28-22(29)18-11-13-19(14-12-18)24(31)32-2/h3-16H,1-2H3,(H,26,30)(H2,27,28,29,33). The Kier molecular flexibility index (Phi) is 7.88. The highest BCUT2D eigenvalue weighted by molar-refractivity contribution is 7.80. The van der Waals surface area contributed by atoms with Crippen LogP contribution in [0.1, 0.15) is 49.6 Å². The van der Waals surface area contributed by atoms with E-state index < -0.39 is 11.9 Å². The van der Waals surface area contributed by atoms with Crippen molar-refractivity contribution in [2.75, 3.05) is 12.4 Å². The van der Waals surface area contributed by atoms with Crippen molar-refractivity contribution in [3.05, 3.63) is 101 Å². The van der Waals surface area contributed by atoms with Crippen LogP contribution in [-0.4, -0.2) is 30.0 Å². The largest absolute Gasteiger partial charge is 0.465 e. The molecular formula is C25H23N3O4S. The maximum Gasteiger partial charge on any atom is 0.337 e. The summed E-state index contributed by atoms with van der Waals surface area (Å²) in [6, 6.07) is 22.3. The van der Waals surface area contributed by atoms with Crippen LogP contribution in [0.2, 0.25) is 0 Å². The summed E-state index contributed by atoms with van der Waals surface area (Å²) < 4.78 is 4.64. The molecule has 7 nitrogen and oxygen atoms in total. The number of hydrogen-bond acceptors (Lipinski definition) is 5. The van der Waals surface area contributed by atoms with Gasteiger partial charge in [0.2, 0.25) is 0 Å². The van der Waals surface area contributed by atoms with Crippen LogP contribution in [0.5, 0.6) is 0 Å². The van der Waals surface area contributed by atoms with Gasteiger partial charge in [0.15, 0.2) is 5.11 Å². The Morgan fingerprint density at radius 2 is 1.48 bits per heavy atom. The molecule has 33 heavy (non-hydrogen) atoms. The number of carbonyl (C=O) groups is 3. The molecule has 0 heterocycles. The summed E-state index contributed by atoms with van der Waals surface area (Å²) in [7, 11) is 1.29. The van der Waals surface area contributed by atoms with Crippen molar-refractivity contribution < 1.29 is 19.1 Å². The van der Waals surface area contributed by atoms with Gasteiger partial charge in [-0.3, -0.25) is 14.9 Å². The number of thiocarbonyl (C=S) groups is 1. The fraction of sp³-hybridized carbons (Fsp3) is 0.120. The zero-order valence-electron chi connectivity index (χ0n) is 18.1. The molecule has 8 heteroatoms. The first-order chi connectivity index (χ1) is 15.9. The SMILES string of the molecule is COC(=O)c1ccc(C(=O)NC(=S)Nc2cccc(C(=O)NC(C)c3ccccc3)c2)cc1. The first kappa shape index (κ1) is 23.6. The fourth-order valence-corrected chi connectivity index (χ4v) is 3.27. The quantitative estimate of drug-likeness (QED) is 0.378. The second kappa shape index (κ2) is 11.0. The van der Waals surface area contributed by atoms with Crippen LogP contribution >= 0.6 is 12.2 Å². The number of anilines is 1. The first-order valence-electron chi connectivity index (χ1n) is 10.1. The van der Waals surface area contributed by atoms with Crippen molar-refractivity contribution in [3.63, 3.8) is 0 Å². The molecule has 0 aliphatic carbocycles. The molecule has 2 amide bonds. The van der Waals surface area contributed by atoms with E-state index in [1.54, 1.807) is 24.3 Å². The van der Waals surface area contributed by atoms with Gasteiger partial charge in [0, 0.05) is 16.8 Å². The van der Waals surface area contributed by atoms with Crippen LogP contribution in [0, 0.1) is 0 Å². The lowest BCUT2D eigenvalue weighted by Crippen LogP contribution is -2.34. The number of carbonyl (C=O) groups excluding carboxylic acids is 3. The van der Waals surface area contributed by atoms with E-state index in [0.29, 0.717) is 22.4 Å². The van der Waals surface area contributed by atoms with E-state index in [0.717, 1.165) is 5.56 Å². The summed E-state index contributed by atoms with van der Waals surface area (Å²) in [6.45, 7) is 1.91. The number of methoxy groups -OCH3 is 1. The summed E-state index contributed by atoms with van der Waals surface area (Å²) in [6.07, 6.45) is 0. The molecule has 0 aliphatic heterocycles. The van der Waals surface area contributed by atoms with Gasteiger partial charge >= 0.3 is 5.97 Å². The smallest absolute Gasteiger partial charge is 0.337 e. The molecule has 0 radical (unpaired) electrons. The van der Waals surface area contributed by atoms with E-state index in [1.165, 1.54) is 31.4 Å². The molecule has 168 valence electrons. The molecule has 1 unspecified atom stereocenters. The first-order valence-corrected chi connectivity index (χ1v) is 10.5. The molecule has 0 saturated heterocycles. The summed E-state index contributed by atoms with van der Waals surface area (Å²) in [5.41, 5.74) is 2.68. The number of rotatable bonds is 6. The maximum atomic E-state index is 12.7. The lowest BCUT2D eigenvalue weighted by atomic mass is 10.1. The van der Waals surface area contributed by atoms with Gasteiger partial charge in [-0.25, -0.2) is 4.79 Å². The highest BCUT2D eigenvalue weighted by atomic mass is 32.1. The molecule has 3 aromatic rings. The van der Waals surface area contributed by atoms with Crippen LogP contribution in [0.25, 0.3) is 0 Å². The summed E-state index contributed by atoms with van der Waals surface area (Å²) in [5.74, 6) is -1.15. The van der Waals surface area contributed by atoms with Crippen molar-refractivity contribution in [1.82, 2.24) is 10.6 Å². The van der Waals surface area contributed by atoms with Crippen LogP contribution in [0.4, 0.5) is 5.69 Å². The van der Waals surface area contributed by atoms with Crippen molar-refractivity contribution in [2.45, 2.75) is 13.0 Å². The number of ether oxygens (including phenoxy) is 1. The highest BCUT2D eigenvalue weighted by Crippen LogP contribution is 2.15. The number of amides is 2. The number of benzene rings is 3. The minimum atomic E-state index is -0.485. The van der Waals surface area contributed by atoms with Crippen LogP contribution in [0.3, 0.4) is 0 Å². The van der Waals surface area contributed by atoms with Gasteiger partial charge in [-0.05, 0) is 67.2 Å². The van der Waals surface area contributed by atoms with Gasteiger partial charge in [0.25, 0.3) is 11.8 Å². The van der Waals surface area contributed by atoms with Crippen LogP contribution < -0.4 is 16.0 Å². The highest BCUT2D eigenvalue weighted by Gasteiger charge is 2.13. The van der Waals surface area contributed by atoms with E-state index >= 15 is 0 Å². The topological polar surface area (TPSA) is 96.5 Å². The molecule has 0 fully saturated rings. The Hall–Kier alpha value is -4.04. The van der Waals surface area contributed by atoms with Crippen LogP contribution in [0.15, 0.2) is 78.9 Å². The molecule has 0 aromatic heterocycles. The van der Waals surface area contributed by atoms with E-state index in [4.69, 9.17) is 12.2 Å². The Labute approximate surface area is 197 Å². The van der Waals surface area contributed by atoms with E-state index in [9.17, 15) is 14.4 Å². The van der Waals surface area contributed by atoms with Crippen molar-refractivity contribution in [1.29, 1.82) is 0 Å². The lowest BCUT2D eigenvalue weighted by Gasteiger charge is -2.15. The number of esters is 1. The molecule has 3 rings (SSSR count). The summed E-state index contributed by atoms with van der Waals surface area (Å²) in [4.78, 5) is 36.6. The van der Waals surface area contributed by atoms with Crippen molar-refractivity contribution >= 4 is 40.8 Å². The third-order valence-corrected chi connectivity index (χ3v) is 5.03. The lowest BCUT2D eigenvalue weighted by molar-refractivity contribution is 0.0600. The molecule has 0 spiro atoms. The predicted molar refractivity (Wildman–Crippen MR) is 130 cm³/mol. The maximum absolute atomic E-state index is 12.7. The van der Waals surface area contributed by atoms with Gasteiger partial charge in [-0.15, -0.1) is 0 Å². The zero-order chi connectivity index (χ0) is 23.8. The molecule has 3 N–H and O–H groups in total. The third kappa shape index (κ3) is 6.47. The Morgan fingerprint density at radius 1 is 0.818 bits per heavy atom. The average Bonchev–Trinajstić information content (AvgIpc) is 2.84. The van der Waals surface area contributed by atoms with Crippen molar-refractivity contribution in [3.8, 4) is 0 Å². The van der Waals surface area contributed by atoms with E-state index in [1.807, 2.05) is 37.3 Å². The van der Waals surface area contributed by atoms with Crippen LogP contribution in [-0.2, 0) is 4.74 Å². The minimum Gasteiger partial charge on any atom is -0.465 e.